The number of hydrogen-bond donors (Lipinski definition) is 1. The van der Waals surface area contributed by atoms with Crippen LogP contribution >= 0.6 is 11.6 Å². The Labute approximate surface area is 112 Å². The summed E-state index contributed by atoms with van der Waals surface area (Å²) in [6.45, 7) is 4.00. The van der Waals surface area contributed by atoms with Crippen LogP contribution in [0.15, 0.2) is 53.6 Å². The molecule has 0 amide bonds. The van der Waals surface area contributed by atoms with Gasteiger partial charge >= 0.3 is 0 Å². The molecule has 0 spiro atoms. The Morgan fingerprint density at radius 2 is 1.89 bits per heavy atom. The second-order valence-electron chi connectivity index (χ2n) is 4.13. The molecule has 0 aromatic heterocycles. The van der Waals surface area contributed by atoms with Crippen molar-refractivity contribution in [1.82, 2.24) is 0 Å². The number of rotatable bonds is 3. The zero-order valence-electron chi connectivity index (χ0n) is 10.4. The molecule has 0 heterocycles. The van der Waals surface area contributed by atoms with Crippen LogP contribution in [-0.2, 0) is 0 Å². The Hall–Kier alpha value is -1.80. The molecular weight excluding hydrogens is 244 g/mol. The minimum absolute atomic E-state index is 0.720. The van der Waals surface area contributed by atoms with Crippen LogP contribution in [0.4, 0.5) is 5.69 Å². The lowest BCUT2D eigenvalue weighted by atomic mass is 10.1. The summed E-state index contributed by atoms with van der Waals surface area (Å²) in [5.41, 5.74) is 7.18. The monoisotopic (exact) mass is 258 g/mol. The molecule has 18 heavy (non-hydrogen) atoms. The van der Waals surface area contributed by atoms with E-state index in [9.17, 15) is 0 Å². The molecule has 2 aromatic carbocycles. The molecule has 3 heteroatoms. The lowest BCUT2D eigenvalue weighted by molar-refractivity contribution is 1.29. The molecule has 0 atom stereocenters. The van der Waals surface area contributed by atoms with Crippen LogP contribution in [0.1, 0.15) is 18.1 Å². The first-order chi connectivity index (χ1) is 8.66. The van der Waals surface area contributed by atoms with Crippen LogP contribution in [0.3, 0.4) is 0 Å². The Morgan fingerprint density at radius 3 is 2.61 bits per heavy atom. The van der Waals surface area contributed by atoms with Gasteiger partial charge in [-0.2, -0.15) is 5.10 Å². The van der Waals surface area contributed by atoms with E-state index in [1.165, 1.54) is 5.56 Å². The number of para-hydroxylation sites is 1. The molecule has 0 saturated heterocycles. The fraction of sp³-hybridized carbons (Fsp3) is 0.133. The standard InChI is InChI=1S/C15H15ClN2/c1-11-6-3-4-9-15(11)18-17-12(2)13-7-5-8-14(16)10-13/h3-10,18H,1-2H3/b17-12-. The van der Waals surface area contributed by atoms with Crippen molar-refractivity contribution in [1.29, 1.82) is 0 Å². The van der Waals surface area contributed by atoms with Gasteiger partial charge in [-0.3, -0.25) is 5.43 Å². The maximum atomic E-state index is 5.96. The number of benzene rings is 2. The van der Waals surface area contributed by atoms with Gasteiger partial charge < -0.3 is 0 Å². The summed E-state index contributed by atoms with van der Waals surface area (Å²) in [6, 6.07) is 15.7. The summed E-state index contributed by atoms with van der Waals surface area (Å²) in [4.78, 5) is 0. The van der Waals surface area contributed by atoms with Gasteiger partial charge in [0, 0.05) is 5.02 Å². The first-order valence-corrected chi connectivity index (χ1v) is 6.16. The normalized spacial score (nSPS) is 11.4. The van der Waals surface area contributed by atoms with Crippen LogP contribution in [0, 0.1) is 6.92 Å². The third-order valence-corrected chi connectivity index (χ3v) is 2.97. The van der Waals surface area contributed by atoms with Crippen molar-refractivity contribution in [3.63, 3.8) is 0 Å². The quantitative estimate of drug-likeness (QED) is 0.637. The fourth-order valence-electron chi connectivity index (χ4n) is 1.62. The predicted molar refractivity (Wildman–Crippen MR) is 78.5 cm³/mol. The maximum Gasteiger partial charge on any atom is 0.0649 e. The second kappa shape index (κ2) is 5.69. The van der Waals surface area contributed by atoms with Gasteiger partial charge in [0.25, 0.3) is 0 Å². The highest BCUT2D eigenvalue weighted by Gasteiger charge is 1.99. The van der Waals surface area contributed by atoms with Crippen molar-refractivity contribution in [2.75, 3.05) is 5.43 Å². The molecule has 0 bridgehead atoms. The molecule has 0 aliphatic heterocycles. The van der Waals surface area contributed by atoms with Gasteiger partial charge in [-0.05, 0) is 43.2 Å². The van der Waals surface area contributed by atoms with Crippen LogP contribution < -0.4 is 5.43 Å². The smallest absolute Gasteiger partial charge is 0.0649 e. The summed E-state index contributed by atoms with van der Waals surface area (Å²) < 4.78 is 0. The van der Waals surface area contributed by atoms with Gasteiger partial charge in [-0.15, -0.1) is 0 Å². The van der Waals surface area contributed by atoms with E-state index < -0.39 is 0 Å². The third kappa shape index (κ3) is 3.11. The molecule has 2 rings (SSSR count). The number of nitrogens with one attached hydrogen (secondary N) is 1. The average molecular weight is 259 g/mol. The summed E-state index contributed by atoms with van der Waals surface area (Å²) in [6.07, 6.45) is 0. The average Bonchev–Trinajstić information content (AvgIpc) is 2.37. The molecule has 2 aromatic rings. The van der Waals surface area contributed by atoms with E-state index in [2.05, 4.69) is 10.5 Å². The van der Waals surface area contributed by atoms with Crippen molar-refractivity contribution in [3.05, 3.63) is 64.7 Å². The molecule has 2 nitrogen and oxygen atoms in total. The molecule has 92 valence electrons. The Balaban J connectivity index is 2.17. The minimum atomic E-state index is 0.720. The van der Waals surface area contributed by atoms with Crippen molar-refractivity contribution in [3.8, 4) is 0 Å². The number of hydrazone groups is 1. The fourth-order valence-corrected chi connectivity index (χ4v) is 1.81. The zero-order chi connectivity index (χ0) is 13.0. The molecule has 0 fully saturated rings. The van der Waals surface area contributed by atoms with Crippen molar-refractivity contribution >= 4 is 23.0 Å². The van der Waals surface area contributed by atoms with Crippen LogP contribution in [0.25, 0.3) is 0 Å². The SMILES string of the molecule is C/C(=N/Nc1ccccc1C)c1cccc(Cl)c1. The molecule has 0 aliphatic carbocycles. The topological polar surface area (TPSA) is 24.4 Å². The lowest BCUT2D eigenvalue weighted by Gasteiger charge is -2.06. The highest BCUT2D eigenvalue weighted by atomic mass is 35.5. The van der Waals surface area contributed by atoms with Gasteiger partial charge in [-0.25, -0.2) is 0 Å². The van der Waals surface area contributed by atoms with Crippen molar-refractivity contribution < 1.29 is 0 Å². The maximum absolute atomic E-state index is 5.96. The largest absolute Gasteiger partial charge is 0.278 e. The Kier molecular flexibility index (Phi) is 4.00. The van der Waals surface area contributed by atoms with E-state index >= 15 is 0 Å². The van der Waals surface area contributed by atoms with E-state index in [1.807, 2.05) is 62.4 Å². The van der Waals surface area contributed by atoms with Crippen molar-refractivity contribution in [2.24, 2.45) is 5.10 Å². The van der Waals surface area contributed by atoms with Crippen LogP contribution in [0.5, 0.6) is 0 Å². The molecule has 0 radical (unpaired) electrons. The second-order valence-corrected chi connectivity index (χ2v) is 4.57. The number of hydrogen-bond acceptors (Lipinski definition) is 2. The van der Waals surface area contributed by atoms with Gasteiger partial charge in [0.05, 0.1) is 11.4 Å². The summed E-state index contributed by atoms with van der Waals surface area (Å²) in [5.74, 6) is 0. The number of halogens is 1. The molecule has 0 unspecified atom stereocenters. The van der Waals surface area contributed by atoms with Crippen LogP contribution in [0.2, 0.25) is 5.02 Å². The predicted octanol–water partition coefficient (Wildman–Crippen LogP) is 4.48. The summed E-state index contributed by atoms with van der Waals surface area (Å²) in [5, 5.41) is 5.09. The van der Waals surface area contributed by atoms with E-state index in [4.69, 9.17) is 11.6 Å². The van der Waals surface area contributed by atoms with Gasteiger partial charge in [0.2, 0.25) is 0 Å². The minimum Gasteiger partial charge on any atom is -0.278 e. The summed E-state index contributed by atoms with van der Waals surface area (Å²) in [7, 11) is 0. The summed E-state index contributed by atoms with van der Waals surface area (Å²) >= 11 is 5.96. The number of anilines is 1. The Bertz CT molecular complexity index is 576. The zero-order valence-corrected chi connectivity index (χ0v) is 11.2. The van der Waals surface area contributed by atoms with E-state index in [-0.39, 0.29) is 0 Å². The molecule has 0 saturated carbocycles. The molecule has 1 N–H and O–H groups in total. The lowest BCUT2D eigenvalue weighted by Crippen LogP contribution is -2.00. The highest BCUT2D eigenvalue weighted by molar-refractivity contribution is 6.31. The third-order valence-electron chi connectivity index (χ3n) is 2.73. The van der Waals surface area contributed by atoms with E-state index in [1.54, 1.807) is 0 Å². The van der Waals surface area contributed by atoms with Crippen molar-refractivity contribution in [2.45, 2.75) is 13.8 Å². The van der Waals surface area contributed by atoms with Crippen LogP contribution in [-0.4, -0.2) is 5.71 Å². The van der Waals surface area contributed by atoms with Gasteiger partial charge in [0.15, 0.2) is 0 Å². The number of nitrogens with zero attached hydrogens (tertiary/aromatic N) is 1. The Morgan fingerprint density at radius 1 is 1.11 bits per heavy atom. The molecular formula is C15H15ClN2. The highest BCUT2D eigenvalue weighted by Crippen LogP contribution is 2.14. The first kappa shape index (κ1) is 12.7. The van der Waals surface area contributed by atoms with E-state index in [0.717, 1.165) is 22.0 Å². The van der Waals surface area contributed by atoms with Gasteiger partial charge in [-0.1, -0.05) is 41.9 Å². The van der Waals surface area contributed by atoms with Gasteiger partial charge in [0.1, 0.15) is 0 Å². The van der Waals surface area contributed by atoms with E-state index in [0.29, 0.717) is 0 Å². The first-order valence-electron chi connectivity index (χ1n) is 5.78. The molecule has 0 aliphatic rings. The number of aryl methyl sites for hydroxylation is 1.